The maximum Gasteiger partial charge on any atom is 0.323 e. The second kappa shape index (κ2) is 9.27. The molecule has 3 rings (SSSR count). The number of hydrogen-bond donors (Lipinski definition) is 3. The van der Waals surface area contributed by atoms with E-state index in [1.165, 1.54) is 0 Å². The number of rotatable bonds is 6. The number of benzene rings is 3. The summed E-state index contributed by atoms with van der Waals surface area (Å²) in [6.07, 6.45) is 0. The van der Waals surface area contributed by atoms with E-state index in [0.29, 0.717) is 34.1 Å². The Labute approximate surface area is 168 Å². The standard InChI is InChI=1S/C22H21N3O4/c1-28-17-9-5-7-15(13-17)23-21(26)19-11-3-4-12-20(19)25-22(27)24-16-8-6-10-18(14-16)29-2/h3-14H,1-2H3,(H,23,26)(H2,24,25,27). The molecule has 0 aliphatic carbocycles. The van der Waals surface area contributed by atoms with Crippen LogP contribution in [0.3, 0.4) is 0 Å². The molecule has 3 aromatic carbocycles. The van der Waals surface area contributed by atoms with Gasteiger partial charge in [0.25, 0.3) is 5.91 Å². The number of urea groups is 1. The second-order valence-electron chi connectivity index (χ2n) is 6.04. The van der Waals surface area contributed by atoms with Crippen LogP contribution < -0.4 is 25.4 Å². The van der Waals surface area contributed by atoms with Crippen molar-refractivity contribution < 1.29 is 19.1 Å². The molecule has 7 heteroatoms. The number of anilines is 3. The highest BCUT2D eigenvalue weighted by Gasteiger charge is 2.14. The quantitative estimate of drug-likeness (QED) is 0.573. The first-order chi connectivity index (χ1) is 14.1. The van der Waals surface area contributed by atoms with Crippen LogP contribution in [0.5, 0.6) is 11.5 Å². The molecular weight excluding hydrogens is 370 g/mol. The van der Waals surface area contributed by atoms with Crippen molar-refractivity contribution in [2.24, 2.45) is 0 Å². The van der Waals surface area contributed by atoms with Gasteiger partial charge in [-0.25, -0.2) is 4.79 Å². The Morgan fingerprint density at radius 1 is 0.690 bits per heavy atom. The van der Waals surface area contributed by atoms with Crippen LogP contribution in [0.1, 0.15) is 10.4 Å². The highest BCUT2D eigenvalue weighted by Crippen LogP contribution is 2.21. The molecule has 0 atom stereocenters. The van der Waals surface area contributed by atoms with E-state index in [1.54, 1.807) is 87.0 Å². The molecule has 0 bridgehead atoms. The summed E-state index contributed by atoms with van der Waals surface area (Å²) in [7, 11) is 3.11. The monoisotopic (exact) mass is 391 g/mol. The van der Waals surface area contributed by atoms with E-state index in [-0.39, 0.29) is 5.91 Å². The lowest BCUT2D eigenvalue weighted by Crippen LogP contribution is -2.22. The lowest BCUT2D eigenvalue weighted by Gasteiger charge is -2.13. The van der Waals surface area contributed by atoms with Crippen molar-refractivity contribution in [3.63, 3.8) is 0 Å². The van der Waals surface area contributed by atoms with E-state index in [0.717, 1.165) is 0 Å². The van der Waals surface area contributed by atoms with E-state index in [4.69, 9.17) is 9.47 Å². The van der Waals surface area contributed by atoms with Crippen LogP contribution in [0.25, 0.3) is 0 Å². The van der Waals surface area contributed by atoms with Gasteiger partial charge in [-0.2, -0.15) is 0 Å². The molecule has 3 N–H and O–H groups in total. The molecule has 0 heterocycles. The summed E-state index contributed by atoms with van der Waals surface area (Å²) in [5, 5.41) is 8.23. The first kappa shape index (κ1) is 19.8. The Hall–Kier alpha value is -4.00. The van der Waals surface area contributed by atoms with Gasteiger partial charge >= 0.3 is 6.03 Å². The first-order valence-corrected chi connectivity index (χ1v) is 8.85. The average molecular weight is 391 g/mol. The molecule has 0 aliphatic heterocycles. The minimum absolute atomic E-state index is 0.330. The number of ether oxygens (including phenoxy) is 2. The normalized spacial score (nSPS) is 10.0. The first-order valence-electron chi connectivity index (χ1n) is 8.85. The summed E-state index contributed by atoms with van der Waals surface area (Å²) in [6.45, 7) is 0. The summed E-state index contributed by atoms with van der Waals surface area (Å²) >= 11 is 0. The number of nitrogens with one attached hydrogen (secondary N) is 3. The number of carbonyl (C=O) groups is 2. The van der Waals surface area contributed by atoms with Crippen LogP contribution in [0, 0.1) is 0 Å². The fourth-order valence-corrected chi connectivity index (χ4v) is 2.67. The minimum Gasteiger partial charge on any atom is -0.497 e. The topological polar surface area (TPSA) is 88.7 Å². The zero-order valence-electron chi connectivity index (χ0n) is 16.1. The summed E-state index contributed by atoms with van der Waals surface area (Å²) in [6, 6.07) is 20.3. The zero-order valence-corrected chi connectivity index (χ0v) is 16.1. The fourth-order valence-electron chi connectivity index (χ4n) is 2.67. The third-order valence-electron chi connectivity index (χ3n) is 4.08. The Balaban J connectivity index is 1.72. The molecule has 29 heavy (non-hydrogen) atoms. The maximum absolute atomic E-state index is 12.7. The molecule has 0 radical (unpaired) electrons. The smallest absolute Gasteiger partial charge is 0.323 e. The van der Waals surface area contributed by atoms with Crippen LogP contribution in [-0.2, 0) is 0 Å². The minimum atomic E-state index is -0.472. The number of methoxy groups -OCH3 is 2. The molecule has 0 saturated carbocycles. The Morgan fingerprint density at radius 3 is 1.90 bits per heavy atom. The molecule has 3 aromatic rings. The van der Waals surface area contributed by atoms with E-state index in [9.17, 15) is 9.59 Å². The van der Waals surface area contributed by atoms with Crippen LogP contribution in [0.2, 0.25) is 0 Å². The zero-order chi connectivity index (χ0) is 20.6. The van der Waals surface area contributed by atoms with Crippen molar-refractivity contribution in [1.82, 2.24) is 0 Å². The Bertz CT molecular complexity index is 1020. The fraction of sp³-hybridized carbons (Fsp3) is 0.0909. The van der Waals surface area contributed by atoms with E-state index < -0.39 is 6.03 Å². The largest absolute Gasteiger partial charge is 0.497 e. The predicted molar refractivity (Wildman–Crippen MR) is 113 cm³/mol. The summed E-state index contributed by atoms with van der Waals surface area (Å²) in [4.78, 5) is 25.1. The highest BCUT2D eigenvalue weighted by molar-refractivity contribution is 6.11. The number of hydrogen-bond acceptors (Lipinski definition) is 4. The molecule has 0 unspecified atom stereocenters. The van der Waals surface area contributed by atoms with Crippen molar-refractivity contribution in [3.05, 3.63) is 78.4 Å². The third-order valence-corrected chi connectivity index (χ3v) is 4.08. The van der Waals surface area contributed by atoms with Crippen LogP contribution in [-0.4, -0.2) is 26.2 Å². The van der Waals surface area contributed by atoms with Gasteiger partial charge in [-0.15, -0.1) is 0 Å². The lowest BCUT2D eigenvalue weighted by molar-refractivity contribution is 0.102. The molecule has 3 amide bonds. The lowest BCUT2D eigenvalue weighted by atomic mass is 10.1. The molecule has 0 saturated heterocycles. The number of carbonyl (C=O) groups excluding carboxylic acids is 2. The van der Waals surface area contributed by atoms with Crippen molar-refractivity contribution in [3.8, 4) is 11.5 Å². The molecule has 0 aliphatic rings. The van der Waals surface area contributed by atoms with Crippen molar-refractivity contribution in [2.45, 2.75) is 0 Å². The molecule has 0 fully saturated rings. The molecular formula is C22H21N3O4. The Kier molecular flexibility index (Phi) is 6.32. The van der Waals surface area contributed by atoms with Gasteiger partial charge in [0.15, 0.2) is 0 Å². The van der Waals surface area contributed by atoms with Gasteiger partial charge < -0.3 is 25.4 Å². The Morgan fingerprint density at radius 2 is 1.28 bits per heavy atom. The van der Waals surface area contributed by atoms with Crippen LogP contribution in [0.15, 0.2) is 72.8 Å². The van der Waals surface area contributed by atoms with Gasteiger partial charge in [0.1, 0.15) is 11.5 Å². The SMILES string of the molecule is COc1cccc(NC(=O)Nc2ccccc2C(=O)Nc2cccc(OC)c2)c1. The van der Waals surface area contributed by atoms with Gasteiger partial charge in [0.2, 0.25) is 0 Å². The molecule has 7 nitrogen and oxygen atoms in total. The van der Waals surface area contributed by atoms with Gasteiger partial charge in [0, 0.05) is 23.5 Å². The summed E-state index contributed by atoms with van der Waals surface area (Å²) < 4.78 is 10.3. The highest BCUT2D eigenvalue weighted by atomic mass is 16.5. The van der Waals surface area contributed by atoms with Crippen molar-refractivity contribution >= 4 is 29.0 Å². The van der Waals surface area contributed by atoms with Gasteiger partial charge in [-0.1, -0.05) is 24.3 Å². The average Bonchev–Trinajstić information content (AvgIpc) is 2.74. The molecule has 0 spiro atoms. The third kappa shape index (κ3) is 5.26. The van der Waals surface area contributed by atoms with Gasteiger partial charge in [-0.05, 0) is 36.4 Å². The van der Waals surface area contributed by atoms with Crippen LogP contribution in [0.4, 0.5) is 21.9 Å². The number of amides is 3. The van der Waals surface area contributed by atoms with Crippen molar-refractivity contribution in [1.29, 1.82) is 0 Å². The summed E-state index contributed by atoms with van der Waals surface area (Å²) in [5.41, 5.74) is 1.87. The van der Waals surface area contributed by atoms with E-state index >= 15 is 0 Å². The molecule has 0 aromatic heterocycles. The predicted octanol–water partition coefficient (Wildman–Crippen LogP) is 4.60. The van der Waals surface area contributed by atoms with Crippen molar-refractivity contribution in [2.75, 3.05) is 30.2 Å². The summed E-state index contributed by atoms with van der Waals surface area (Å²) in [5.74, 6) is 0.906. The van der Waals surface area contributed by atoms with Crippen LogP contribution >= 0.6 is 0 Å². The van der Waals surface area contributed by atoms with E-state index in [1.807, 2.05) is 0 Å². The van der Waals surface area contributed by atoms with Gasteiger partial charge in [0.05, 0.1) is 25.5 Å². The molecule has 148 valence electrons. The van der Waals surface area contributed by atoms with Gasteiger partial charge in [-0.3, -0.25) is 4.79 Å². The number of para-hydroxylation sites is 1. The maximum atomic E-state index is 12.7. The second-order valence-corrected chi connectivity index (χ2v) is 6.04. The van der Waals surface area contributed by atoms with E-state index in [2.05, 4.69) is 16.0 Å².